The van der Waals surface area contributed by atoms with E-state index in [0.717, 1.165) is 5.56 Å². The van der Waals surface area contributed by atoms with Gasteiger partial charge in [0.15, 0.2) is 5.78 Å². The van der Waals surface area contributed by atoms with Crippen molar-refractivity contribution in [1.29, 1.82) is 0 Å². The number of ketones is 1. The van der Waals surface area contributed by atoms with Crippen molar-refractivity contribution in [2.24, 2.45) is 5.18 Å². The third-order valence-corrected chi connectivity index (χ3v) is 3.01. The maximum Gasteiger partial charge on any atom is 0.256 e. The molecule has 5 nitrogen and oxygen atoms in total. The number of anilines is 1. The topological polar surface area (TPSA) is 75.6 Å². The summed E-state index contributed by atoms with van der Waals surface area (Å²) in [6.07, 6.45) is 0. The molecule has 0 saturated heterocycles. The van der Waals surface area contributed by atoms with E-state index >= 15 is 0 Å². The van der Waals surface area contributed by atoms with Gasteiger partial charge in [-0.25, -0.2) is 0 Å². The van der Waals surface area contributed by atoms with Crippen molar-refractivity contribution in [2.75, 3.05) is 5.32 Å². The van der Waals surface area contributed by atoms with E-state index in [2.05, 4.69) is 10.5 Å². The molecule has 2 aromatic rings. The van der Waals surface area contributed by atoms with Gasteiger partial charge in [-0.2, -0.15) is 4.91 Å². The first-order valence-corrected chi connectivity index (χ1v) is 6.41. The molecule has 0 aliphatic heterocycles. The number of hydrogen-bond acceptors (Lipinski definition) is 4. The average molecular weight is 282 g/mol. The van der Waals surface area contributed by atoms with E-state index < -0.39 is 0 Å². The first-order chi connectivity index (χ1) is 10.1. The Morgan fingerprint density at radius 1 is 1.00 bits per heavy atom. The highest BCUT2D eigenvalue weighted by molar-refractivity contribution is 6.12. The third kappa shape index (κ3) is 3.60. The lowest BCUT2D eigenvalue weighted by molar-refractivity contribution is 0.0985. The highest BCUT2D eigenvalue weighted by Crippen LogP contribution is 2.15. The molecule has 0 unspecified atom stereocenters. The van der Waals surface area contributed by atoms with Gasteiger partial charge in [0.05, 0.1) is 5.56 Å². The van der Waals surface area contributed by atoms with Gasteiger partial charge in [-0.05, 0) is 30.7 Å². The van der Waals surface area contributed by atoms with E-state index in [1.165, 1.54) is 6.92 Å². The van der Waals surface area contributed by atoms with Gasteiger partial charge in [0, 0.05) is 11.3 Å². The molecule has 0 atom stereocenters. The summed E-state index contributed by atoms with van der Waals surface area (Å²) in [5, 5.41) is 5.52. The Balaban J connectivity index is 2.18. The first kappa shape index (κ1) is 14.6. The van der Waals surface area contributed by atoms with E-state index in [1.807, 2.05) is 0 Å². The predicted molar refractivity (Wildman–Crippen MR) is 80.3 cm³/mol. The van der Waals surface area contributed by atoms with Crippen LogP contribution in [0.4, 0.5) is 5.69 Å². The lowest BCUT2D eigenvalue weighted by Crippen LogP contribution is -2.15. The number of nitrogens with zero attached hydrogens (tertiary/aromatic N) is 1. The number of rotatable bonds is 5. The van der Waals surface area contributed by atoms with Gasteiger partial charge in [-0.1, -0.05) is 35.5 Å². The van der Waals surface area contributed by atoms with Crippen molar-refractivity contribution in [3.05, 3.63) is 70.1 Å². The van der Waals surface area contributed by atoms with E-state index in [0.29, 0.717) is 16.8 Å². The normalized spacial score (nSPS) is 9.95. The van der Waals surface area contributed by atoms with Crippen LogP contribution in [0.1, 0.15) is 33.2 Å². The zero-order chi connectivity index (χ0) is 15.2. The van der Waals surface area contributed by atoms with Crippen LogP contribution < -0.4 is 5.32 Å². The molecule has 2 aromatic carbocycles. The molecule has 5 heteroatoms. The minimum Gasteiger partial charge on any atom is -0.322 e. The summed E-state index contributed by atoms with van der Waals surface area (Å²) < 4.78 is 0. The second kappa shape index (κ2) is 6.56. The largest absolute Gasteiger partial charge is 0.322 e. The van der Waals surface area contributed by atoms with Crippen LogP contribution in [-0.4, -0.2) is 11.7 Å². The second-order valence-electron chi connectivity index (χ2n) is 4.54. The fourth-order valence-electron chi connectivity index (χ4n) is 1.95. The van der Waals surface area contributed by atoms with Gasteiger partial charge in [-0.3, -0.25) is 9.59 Å². The van der Waals surface area contributed by atoms with Crippen LogP contribution in [0.25, 0.3) is 0 Å². The lowest BCUT2D eigenvalue weighted by atomic mass is 10.0. The molecule has 0 heterocycles. The van der Waals surface area contributed by atoms with Crippen LogP contribution in [-0.2, 0) is 6.54 Å². The molecular formula is C16H14N2O3. The van der Waals surface area contributed by atoms with Gasteiger partial charge in [0.2, 0.25) is 0 Å². The second-order valence-corrected chi connectivity index (χ2v) is 4.54. The van der Waals surface area contributed by atoms with Crippen molar-refractivity contribution in [3.8, 4) is 0 Å². The number of Topliss-reactive ketones (excluding diaryl/α,β-unsaturated/α-hetero) is 1. The summed E-state index contributed by atoms with van der Waals surface area (Å²) in [4.78, 5) is 33.9. The maximum atomic E-state index is 12.2. The summed E-state index contributed by atoms with van der Waals surface area (Å²) in [5.74, 6) is -0.504. The van der Waals surface area contributed by atoms with E-state index in [4.69, 9.17) is 0 Å². The summed E-state index contributed by atoms with van der Waals surface area (Å²) in [5.41, 5.74) is 2.08. The molecule has 0 fully saturated rings. The Bertz CT molecular complexity index is 678. The van der Waals surface area contributed by atoms with Gasteiger partial charge in [0.25, 0.3) is 5.91 Å². The van der Waals surface area contributed by atoms with Gasteiger partial charge < -0.3 is 5.32 Å². The van der Waals surface area contributed by atoms with E-state index in [-0.39, 0.29) is 18.2 Å². The molecule has 0 aromatic heterocycles. The SMILES string of the molecule is CC(=O)c1ccccc1C(=O)Nc1ccc(CN=O)cc1. The predicted octanol–water partition coefficient (Wildman–Crippen LogP) is 3.41. The molecule has 0 aliphatic rings. The molecule has 1 amide bonds. The third-order valence-electron chi connectivity index (χ3n) is 3.01. The minimum atomic E-state index is -0.345. The molecule has 21 heavy (non-hydrogen) atoms. The smallest absolute Gasteiger partial charge is 0.256 e. The molecule has 0 bridgehead atoms. The Kier molecular flexibility index (Phi) is 4.56. The zero-order valence-corrected chi connectivity index (χ0v) is 11.5. The number of hydrogen-bond donors (Lipinski definition) is 1. The summed E-state index contributed by atoms with van der Waals surface area (Å²) in [6.45, 7) is 1.52. The van der Waals surface area contributed by atoms with Gasteiger partial charge >= 0.3 is 0 Å². The molecule has 0 spiro atoms. The fourth-order valence-corrected chi connectivity index (χ4v) is 1.95. The maximum absolute atomic E-state index is 12.2. The van der Waals surface area contributed by atoms with Crippen LogP contribution in [0, 0.1) is 4.91 Å². The lowest BCUT2D eigenvalue weighted by Gasteiger charge is -2.08. The van der Waals surface area contributed by atoms with Gasteiger partial charge in [-0.15, -0.1) is 0 Å². The number of carbonyl (C=O) groups excluding carboxylic acids is 2. The Hall–Kier alpha value is -2.82. The van der Waals surface area contributed by atoms with E-state index in [9.17, 15) is 14.5 Å². The van der Waals surface area contributed by atoms with Crippen LogP contribution in [0.3, 0.4) is 0 Å². The highest BCUT2D eigenvalue weighted by atomic mass is 16.3. The molecular weight excluding hydrogens is 268 g/mol. The summed E-state index contributed by atoms with van der Waals surface area (Å²) in [7, 11) is 0. The van der Waals surface area contributed by atoms with Crippen molar-refractivity contribution in [2.45, 2.75) is 13.5 Å². The van der Waals surface area contributed by atoms with Crippen molar-refractivity contribution in [3.63, 3.8) is 0 Å². The molecule has 106 valence electrons. The van der Waals surface area contributed by atoms with Crippen molar-refractivity contribution in [1.82, 2.24) is 0 Å². The molecule has 0 aliphatic carbocycles. The number of carbonyl (C=O) groups is 2. The molecule has 0 radical (unpaired) electrons. The van der Waals surface area contributed by atoms with Crippen molar-refractivity contribution < 1.29 is 9.59 Å². The number of amides is 1. The average Bonchev–Trinajstić information content (AvgIpc) is 2.49. The Labute approximate surface area is 122 Å². The van der Waals surface area contributed by atoms with E-state index in [1.54, 1.807) is 48.5 Å². The van der Waals surface area contributed by atoms with Crippen LogP contribution in [0.5, 0.6) is 0 Å². The molecule has 0 saturated carbocycles. The monoisotopic (exact) mass is 282 g/mol. The number of nitrogens with one attached hydrogen (secondary N) is 1. The van der Waals surface area contributed by atoms with Crippen molar-refractivity contribution >= 4 is 17.4 Å². The van der Waals surface area contributed by atoms with Crippen LogP contribution in [0.15, 0.2) is 53.7 Å². The molecule has 1 N–H and O–H groups in total. The highest BCUT2D eigenvalue weighted by Gasteiger charge is 2.13. The molecule has 2 rings (SSSR count). The Morgan fingerprint density at radius 3 is 2.19 bits per heavy atom. The van der Waals surface area contributed by atoms with Crippen LogP contribution >= 0.6 is 0 Å². The minimum absolute atomic E-state index is 0.0986. The van der Waals surface area contributed by atoms with Gasteiger partial charge in [0.1, 0.15) is 6.54 Å². The quantitative estimate of drug-likeness (QED) is 0.674. The number of nitroso groups, excluding NO2 is 1. The fraction of sp³-hybridized carbons (Fsp3) is 0.125. The Morgan fingerprint density at radius 2 is 1.62 bits per heavy atom. The van der Waals surface area contributed by atoms with Crippen LogP contribution in [0.2, 0.25) is 0 Å². The summed E-state index contributed by atoms with van der Waals surface area (Å²) >= 11 is 0. The standard InChI is InChI=1S/C16H14N2O3/c1-11(19)14-4-2-3-5-15(14)16(20)18-13-8-6-12(7-9-13)10-17-21/h2-9H,10H2,1H3,(H,18,20). The summed E-state index contributed by atoms with van der Waals surface area (Å²) in [6, 6.07) is 13.5. The number of benzene rings is 2. The first-order valence-electron chi connectivity index (χ1n) is 6.41. The zero-order valence-electron chi connectivity index (χ0n) is 11.5.